The van der Waals surface area contributed by atoms with E-state index in [-0.39, 0.29) is 10.8 Å². The van der Waals surface area contributed by atoms with Gasteiger partial charge in [-0.25, -0.2) is 8.42 Å². The van der Waals surface area contributed by atoms with Crippen LogP contribution in [0.2, 0.25) is 0 Å². The van der Waals surface area contributed by atoms with Gasteiger partial charge in [0.25, 0.3) is 0 Å². The van der Waals surface area contributed by atoms with Crippen LogP contribution in [0, 0.1) is 25.7 Å². The van der Waals surface area contributed by atoms with E-state index in [9.17, 15) is 8.42 Å². The average Bonchev–Trinajstić information content (AvgIpc) is 3.22. The van der Waals surface area contributed by atoms with Crippen molar-refractivity contribution in [3.8, 4) is 0 Å². The summed E-state index contributed by atoms with van der Waals surface area (Å²) in [5.41, 5.74) is 0.425. The zero-order valence-corrected chi connectivity index (χ0v) is 16.1. The van der Waals surface area contributed by atoms with Crippen LogP contribution in [0.25, 0.3) is 0 Å². The van der Waals surface area contributed by atoms with E-state index in [1.54, 1.807) is 24.5 Å². The Kier molecular flexibility index (Phi) is 4.60. The maximum Gasteiger partial charge on any atom is 0.248 e. The van der Waals surface area contributed by atoms with E-state index in [4.69, 9.17) is 4.52 Å². The minimum atomic E-state index is -3.58. The molecule has 1 saturated carbocycles. The van der Waals surface area contributed by atoms with E-state index in [0.717, 1.165) is 37.5 Å². The zero-order valence-electron chi connectivity index (χ0n) is 15.3. The molecule has 1 aliphatic heterocycles. The molecule has 3 heterocycles. The Bertz CT molecular complexity index is 865. The first-order valence-electron chi connectivity index (χ1n) is 9.25. The third-order valence-electron chi connectivity index (χ3n) is 5.37. The topological polar surface area (TPSA) is 94.1 Å². The van der Waals surface area contributed by atoms with Crippen LogP contribution < -0.4 is 0 Å². The van der Waals surface area contributed by atoms with E-state index >= 15 is 0 Å². The van der Waals surface area contributed by atoms with Crippen molar-refractivity contribution in [3.05, 3.63) is 23.6 Å². The third-order valence-corrected chi connectivity index (χ3v) is 7.48. The van der Waals surface area contributed by atoms with Crippen molar-refractivity contribution in [2.75, 3.05) is 13.1 Å². The predicted octanol–water partition coefficient (Wildman–Crippen LogP) is 1.94. The van der Waals surface area contributed by atoms with Crippen LogP contribution in [-0.4, -0.2) is 45.7 Å². The number of rotatable bonds is 6. The van der Waals surface area contributed by atoms with Crippen LogP contribution in [0.3, 0.4) is 0 Å². The Morgan fingerprint density at radius 1 is 1.23 bits per heavy atom. The van der Waals surface area contributed by atoms with E-state index in [2.05, 4.69) is 19.9 Å². The molecule has 0 aromatic carbocycles. The van der Waals surface area contributed by atoms with Gasteiger partial charge in [-0.1, -0.05) is 5.16 Å². The summed E-state index contributed by atoms with van der Waals surface area (Å²) in [5, 5.41) is 12.1. The molecule has 4 rings (SSSR count). The molecule has 9 heteroatoms. The second kappa shape index (κ2) is 6.77. The molecule has 0 spiro atoms. The van der Waals surface area contributed by atoms with E-state index in [0.29, 0.717) is 24.5 Å². The predicted molar refractivity (Wildman–Crippen MR) is 93.9 cm³/mol. The van der Waals surface area contributed by atoms with Gasteiger partial charge in [0.15, 0.2) is 5.76 Å². The second-order valence-electron chi connectivity index (χ2n) is 7.57. The number of nitrogens with zero attached hydrogens (tertiary/aromatic N) is 5. The minimum Gasteiger partial charge on any atom is -0.360 e. The Morgan fingerprint density at radius 3 is 2.73 bits per heavy atom. The number of aromatic nitrogens is 4. The van der Waals surface area contributed by atoms with Gasteiger partial charge < -0.3 is 9.09 Å². The molecule has 1 unspecified atom stereocenters. The Labute approximate surface area is 153 Å². The molecule has 0 radical (unpaired) electrons. The van der Waals surface area contributed by atoms with Crippen molar-refractivity contribution in [1.82, 2.24) is 24.2 Å². The molecule has 2 aliphatic rings. The number of sulfonamides is 1. The van der Waals surface area contributed by atoms with Crippen LogP contribution in [-0.2, 0) is 23.0 Å². The first kappa shape index (κ1) is 17.7. The second-order valence-corrected chi connectivity index (χ2v) is 9.45. The van der Waals surface area contributed by atoms with Gasteiger partial charge in [-0.05, 0) is 51.4 Å². The van der Waals surface area contributed by atoms with Crippen molar-refractivity contribution >= 4 is 10.0 Å². The van der Waals surface area contributed by atoms with Gasteiger partial charge in [0, 0.05) is 26.1 Å². The Morgan fingerprint density at radius 2 is 2.04 bits per heavy atom. The molecule has 0 amide bonds. The third kappa shape index (κ3) is 3.42. The van der Waals surface area contributed by atoms with E-state index in [1.165, 1.54) is 12.8 Å². The molecule has 26 heavy (non-hydrogen) atoms. The minimum absolute atomic E-state index is 0.218. The Hall–Kier alpha value is -1.74. The number of piperidine rings is 1. The van der Waals surface area contributed by atoms with E-state index in [1.807, 2.05) is 0 Å². The van der Waals surface area contributed by atoms with Crippen LogP contribution in [0.1, 0.15) is 43.0 Å². The van der Waals surface area contributed by atoms with Crippen molar-refractivity contribution in [3.63, 3.8) is 0 Å². The quantitative estimate of drug-likeness (QED) is 0.761. The summed E-state index contributed by atoms with van der Waals surface area (Å²) in [6, 6.07) is 0. The first-order valence-corrected chi connectivity index (χ1v) is 10.7. The summed E-state index contributed by atoms with van der Waals surface area (Å²) >= 11 is 0. The lowest BCUT2D eigenvalue weighted by Gasteiger charge is -2.31. The van der Waals surface area contributed by atoms with Gasteiger partial charge in [-0.15, -0.1) is 10.2 Å². The summed E-state index contributed by atoms with van der Waals surface area (Å²) in [6.45, 7) is 5.34. The smallest absolute Gasteiger partial charge is 0.248 e. The molecule has 2 aromatic rings. The van der Waals surface area contributed by atoms with Crippen molar-refractivity contribution in [2.24, 2.45) is 11.8 Å². The molecule has 2 aromatic heterocycles. The molecule has 1 aliphatic carbocycles. The SMILES string of the molecule is Cc1noc(C)c1S(=O)(=O)N1CCCC(Cc2nncn2CC2CC2)C1. The summed E-state index contributed by atoms with van der Waals surface area (Å²) < 4.78 is 34.9. The first-order chi connectivity index (χ1) is 12.4. The van der Waals surface area contributed by atoms with Crippen molar-refractivity contribution < 1.29 is 12.9 Å². The fourth-order valence-corrected chi connectivity index (χ4v) is 5.66. The van der Waals surface area contributed by atoms with Crippen LogP contribution >= 0.6 is 0 Å². The average molecular weight is 379 g/mol. The summed E-state index contributed by atoms with van der Waals surface area (Å²) in [7, 11) is -3.58. The van der Waals surface area contributed by atoms with Crippen molar-refractivity contribution in [1.29, 1.82) is 0 Å². The van der Waals surface area contributed by atoms with Gasteiger partial charge in [0.2, 0.25) is 10.0 Å². The monoisotopic (exact) mass is 379 g/mol. The van der Waals surface area contributed by atoms with E-state index < -0.39 is 10.0 Å². The van der Waals surface area contributed by atoms with Crippen LogP contribution in [0.4, 0.5) is 0 Å². The fraction of sp³-hybridized carbons (Fsp3) is 0.706. The van der Waals surface area contributed by atoms with Gasteiger partial charge in [-0.3, -0.25) is 0 Å². The molecule has 1 saturated heterocycles. The number of hydrogen-bond donors (Lipinski definition) is 0. The van der Waals surface area contributed by atoms with Gasteiger partial charge in [0.1, 0.15) is 22.7 Å². The lowest BCUT2D eigenvalue weighted by Crippen LogP contribution is -2.41. The highest BCUT2D eigenvalue weighted by atomic mass is 32.2. The van der Waals surface area contributed by atoms with Gasteiger partial charge >= 0.3 is 0 Å². The highest BCUT2D eigenvalue weighted by molar-refractivity contribution is 7.89. The molecule has 2 fully saturated rings. The number of aryl methyl sites for hydroxylation is 2. The molecular formula is C17H25N5O3S. The molecule has 142 valence electrons. The normalized spacial score (nSPS) is 22.0. The van der Waals surface area contributed by atoms with Crippen LogP contribution in [0.15, 0.2) is 15.7 Å². The standard InChI is InChI=1S/C17H25N5O3S/c1-12-17(13(2)25-20-12)26(23,24)22-7-3-4-15(10-22)8-16-19-18-11-21(16)9-14-5-6-14/h11,14-15H,3-10H2,1-2H3. The van der Waals surface area contributed by atoms with Gasteiger partial charge in [-0.2, -0.15) is 4.31 Å². The molecule has 1 atom stereocenters. The molecular weight excluding hydrogens is 354 g/mol. The number of hydrogen-bond acceptors (Lipinski definition) is 6. The Balaban J connectivity index is 1.48. The van der Waals surface area contributed by atoms with Gasteiger partial charge in [0.05, 0.1) is 0 Å². The lowest BCUT2D eigenvalue weighted by atomic mass is 9.96. The summed E-state index contributed by atoms with van der Waals surface area (Å²) in [6.07, 6.45) is 6.98. The molecule has 0 N–H and O–H groups in total. The van der Waals surface area contributed by atoms with Crippen LogP contribution in [0.5, 0.6) is 0 Å². The highest BCUT2D eigenvalue weighted by Crippen LogP contribution is 2.32. The maximum atomic E-state index is 13.1. The summed E-state index contributed by atoms with van der Waals surface area (Å²) in [4.78, 5) is 0.218. The maximum absolute atomic E-state index is 13.1. The largest absolute Gasteiger partial charge is 0.360 e. The molecule has 8 nitrogen and oxygen atoms in total. The zero-order chi connectivity index (χ0) is 18.3. The van der Waals surface area contributed by atoms with Crippen molar-refractivity contribution in [2.45, 2.75) is 57.4 Å². The lowest BCUT2D eigenvalue weighted by molar-refractivity contribution is 0.260. The molecule has 0 bridgehead atoms. The summed E-state index contributed by atoms with van der Waals surface area (Å²) in [5.74, 6) is 2.33. The fourth-order valence-electron chi connectivity index (χ4n) is 3.81. The highest BCUT2D eigenvalue weighted by Gasteiger charge is 2.35.